The largest absolute Gasteiger partial charge is 0.379 e. The zero-order valence-electron chi connectivity index (χ0n) is 15.0. The van der Waals surface area contributed by atoms with Crippen molar-refractivity contribution in [3.8, 4) is 16.5 Å². The molecule has 2 heterocycles. The van der Waals surface area contributed by atoms with Crippen molar-refractivity contribution in [3.63, 3.8) is 0 Å². The number of aliphatic imine (C=N–C) groups is 1. The summed E-state index contributed by atoms with van der Waals surface area (Å²) < 4.78 is 13.6. The van der Waals surface area contributed by atoms with E-state index in [4.69, 9.17) is 16.0 Å². The summed E-state index contributed by atoms with van der Waals surface area (Å²) in [5.41, 5.74) is 8.08. The number of nitrogens with zero attached hydrogens (tertiary/aromatic N) is 2. The molecule has 6 heteroatoms. The third-order valence-corrected chi connectivity index (χ3v) is 6.80. The monoisotopic (exact) mass is 387 g/mol. The molecule has 1 aliphatic carbocycles. The summed E-state index contributed by atoms with van der Waals surface area (Å²) in [5, 5.41) is 9.74. The molecule has 0 bridgehead atoms. The molecule has 2 aliphatic rings. The molecule has 1 atom stereocenters. The molecule has 26 heavy (non-hydrogen) atoms. The van der Waals surface area contributed by atoms with Crippen LogP contribution in [0.25, 0.3) is 10.4 Å². The minimum atomic E-state index is -0.472. The minimum absolute atomic E-state index is 0.0879. The topological polar surface area (TPSA) is 62.2 Å². The lowest BCUT2D eigenvalue weighted by Crippen LogP contribution is -2.34. The predicted octanol–water partition coefficient (Wildman–Crippen LogP) is 5.44. The van der Waals surface area contributed by atoms with Gasteiger partial charge in [0, 0.05) is 15.5 Å². The number of benzene rings is 1. The van der Waals surface area contributed by atoms with Crippen LogP contribution in [0.4, 0.5) is 4.39 Å². The van der Waals surface area contributed by atoms with Crippen LogP contribution in [-0.4, -0.2) is 10.9 Å². The van der Waals surface area contributed by atoms with Gasteiger partial charge in [0.1, 0.15) is 11.9 Å². The normalized spacial score (nSPS) is 21.2. The molecule has 0 saturated heterocycles. The Labute approximate surface area is 162 Å². The zero-order valence-corrected chi connectivity index (χ0v) is 16.6. The lowest BCUT2D eigenvalue weighted by molar-refractivity contribution is 0.368. The highest BCUT2D eigenvalue weighted by Crippen LogP contribution is 2.49. The number of thiophene rings is 1. The van der Waals surface area contributed by atoms with E-state index in [1.165, 1.54) is 16.5 Å². The molecular weight excluding hydrogens is 365 g/mol. The molecule has 0 saturated carbocycles. The molecule has 2 N–H and O–H groups in total. The van der Waals surface area contributed by atoms with Crippen molar-refractivity contribution in [3.05, 3.63) is 46.1 Å². The maximum atomic E-state index is 13.6. The average molecular weight is 388 g/mol. The van der Waals surface area contributed by atoms with Gasteiger partial charge in [-0.25, -0.2) is 4.39 Å². The van der Waals surface area contributed by atoms with E-state index in [1.807, 2.05) is 19.9 Å². The summed E-state index contributed by atoms with van der Waals surface area (Å²) in [5.74, 6) is 0.524. The Morgan fingerprint density at radius 1 is 1.27 bits per heavy atom. The van der Waals surface area contributed by atoms with Gasteiger partial charge in [-0.15, -0.1) is 11.3 Å². The Morgan fingerprint density at radius 2 is 2.08 bits per heavy atom. The van der Waals surface area contributed by atoms with Gasteiger partial charge in [0.2, 0.25) is 0 Å². The van der Waals surface area contributed by atoms with Gasteiger partial charge in [-0.3, -0.25) is 4.99 Å². The first-order valence-corrected chi connectivity index (χ1v) is 10.7. The van der Waals surface area contributed by atoms with Gasteiger partial charge in [-0.2, -0.15) is 5.26 Å². The Balaban J connectivity index is 0.000000948. The highest BCUT2D eigenvalue weighted by molar-refractivity contribution is 8.13. The Morgan fingerprint density at radius 3 is 2.81 bits per heavy atom. The fraction of sp³-hybridized carbons (Fsp3) is 0.400. The molecule has 0 amide bonds. The van der Waals surface area contributed by atoms with E-state index >= 15 is 0 Å². The van der Waals surface area contributed by atoms with E-state index < -0.39 is 5.82 Å². The van der Waals surface area contributed by atoms with Crippen molar-refractivity contribution >= 4 is 28.3 Å². The predicted molar refractivity (Wildman–Crippen MR) is 109 cm³/mol. The fourth-order valence-corrected chi connectivity index (χ4v) is 5.77. The highest BCUT2D eigenvalue weighted by atomic mass is 32.2. The number of nitriles is 1. The number of aryl methyl sites for hydroxylation is 1. The number of halogens is 1. The Bertz CT molecular complexity index is 882. The van der Waals surface area contributed by atoms with E-state index in [2.05, 4.69) is 6.07 Å². The van der Waals surface area contributed by atoms with Crippen LogP contribution < -0.4 is 5.73 Å². The number of fused-ring (bicyclic) bond motifs is 2. The summed E-state index contributed by atoms with van der Waals surface area (Å²) in [6.45, 7) is 4.00. The van der Waals surface area contributed by atoms with Gasteiger partial charge in [0.15, 0.2) is 5.17 Å². The number of hydrogen-bond acceptors (Lipinski definition) is 5. The first kappa shape index (κ1) is 18.9. The van der Waals surface area contributed by atoms with Crippen molar-refractivity contribution < 1.29 is 4.39 Å². The van der Waals surface area contributed by atoms with Gasteiger partial charge < -0.3 is 5.73 Å². The molecule has 136 valence electrons. The highest BCUT2D eigenvalue weighted by Gasteiger charge is 2.39. The zero-order chi connectivity index (χ0) is 18.7. The molecule has 1 aromatic heterocycles. The van der Waals surface area contributed by atoms with Gasteiger partial charge in [-0.05, 0) is 55.0 Å². The number of rotatable bonds is 1. The van der Waals surface area contributed by atoms with Crippen LogP contribution in [0, 0.1) is 17.1 Å². The number of nitrogens with two attached hydrogens (primary N) is 1. The molecule has 1 spiro atoms. The number of thioether (sulfide) groups is 1. The molecule has 2 aromatic rings. The van der Waals surface area contributed by atoms with Crippen molar-refractivity contribution in [1.82, 2.24) is 0 Å². The Hall–Kier alpha value is -1.84. The van der Waals surface area contributed by atoms with Crippen LogP contribution in [0.5, 0.6) is 0 Å². The van der Waals surface area contributed by atoms with Crippen molar-refractivity contribution in [2.75, 3.05) is 5.75 Å². The fourth-order valence-electron chi connectivity index (χ4n) is 3.59. The summed E-state index contributed by atoms with van der Waals surface area (Å²) in [6.07, 6.45) is 4.20. The molecule has 3 nitrogen and oxygen atoms in total. The summed E-state index contributed by atoms with van der Waals surface area (Å²) in [7, 11) is 0. The van der Waals surface area contributed by atoms with Crippen molar-refractivity contribution in [2.24, 2.45) is 10.7 Å². The first-order valence-electron chi connectivity index (χ1n) is 8.93. The quantitative estimate of drug-likeness (QED) is 0.709. The molecule has 1 unspecified atom stereocenters. The third kappa shape index (κ3) is 3.38. The van der Waals surface area contributed by atoms with Crippen molar-refractivity contribution in [1.29, 1.82) is 5.26 Å². The van der Waals surface area contributed by atoms with Crippen LogP contribution in [0.3, 0.4) is 0 Å². The van der Waals surface area contributed by atoms with E-state index in [-0.39, 0.29) is 11.1 Å². The van der Waals surface area contributed by atoms with Crippen LogP contribution in [0.1, 0.15) is 49.1 Å². The second kappa shape index (κ2) is 7.81. The molecule has 0 radical (unpaired) electrons. The average Bonchev–Trinajstić information content (AvgIpc) is 3.10. The van der Waals surface area contributed by atoms with Crippen LogP contribution in [-0.2, 0) is 12.0 Å². The second-order valence-corrected chi connectivity index (χ2v) is 8.44. The minimum Gasteiger partial charge on any atom is -0.379 e. The summed E-state index contributed by atoms with van der Waals surface area (Å²) in [6, 6.07) is 8.85. The summed E-state index contributed by atoms with van der Waals surface area (Å²) >= 11 is 3.36. The van der Waals surface area contributed by atoms with Crippen LogP contribution >= 0.6 is 23.1 Å². The van der Waals surface area contributed by atoms with Gasteiger partial charge in [0.25, 0.3) is 0 Å². The number of amidine groups is 1. The standard InChI is InChI=1S/C18H16FN3S2.C2H6/c19-14-4-3-11(8-12(14)10-20)16-9-13-15(24-16)2-1-5-18(13)6-7-23-17(21)22-18;1-2/h3-4,8-9H,1-2,5-7H2,(H2,21,22);1-2H3. The summed E-state index contributed by atoms with van der Waals surface area (Å²) in [4.78, 5) is 7.24. The van der Waals surface area contributed by atoms with Gasteiger partial charge >= 0.3 is 0 Å². The molecule has 1 aromatic carbocycles. The maximum absolute atomic E-state index is 13.6. The van der Waals surface area contributed by atoms with E-state index in [0.29, 0.717) is 5.17 Å². The van der Waals surface area contributed by atoms with E-state index in [0.717, 1.165) is 41.9 Å². The van der Waals surface area contributed by atoms with Crippen molar-refractivity contribution in [2.45, 2.75) is 45.1 Å². The molecular formula is C20H22FN3S2. The van der Waals surface area contributed by atoms with E-state index in [9.17, 15) is 4.39 Å². The van der Waals surface area contributed by atoms with Gasteiger partial charge in [0.05, 0.1) is 11.1 Å². The number of hydrogen-bond donors (Lipinski definition) is 1. The smallest absolute Gasteiger partial charge is 0.154 e. The lowest BCUT2D eigenvalue weighted by atomic mass is 9.78. The van der Waals surface area contributed by atoms with Gasteiger partial charge in [-0.1, -0.05) is 31.7 Å². The van der Waals surface area contributed by atoms with Crippen LogP contribution in [0.15, 0.2) is 29.3 Å². The van der Waals surface area contributed by atoms with Crippen LogP contribution in [0.2, 0.25) is 0 Å². The third-order valence-electron chi connectivity index (χ3n) is 4.77. The first-order chi connectivity index (χ1) is 12.6. The molecule has 0 fully saturated rings. The Kier molecular flexibility index (Phi) is 5.69. The molecule has 4 rings (SSSR count). The molecule has 1 aliphatic heterocycles. The SMILES string of the molecule is CC.N#Cc1cc(-c2cc3c(s2)CCCC32CCSC(N)=N2)ccc1F. The van der Waals surface area contributed by atoms with E-state index in [1.54, 1.807) is 35.2 Å². The second-order valence-electron chi connectivity index (χ2n) is 6.19. The lowest BCUT2D eigenvalue weighted by Gasteiger charge is -2.36. The maximum Gasteiger partial charge on any atom is 0.154 e.